The summed E-state index contributed by atoms with van der Waals surface area (Å²) in [7, 11) is 0. The number of aryl methyl sites for hydroxylation is 1. The maximum Gasteiger partial charge on any atom is 0.362 e. The molecule has 0 spiro atoms. The second kappa shape index (κ2) is 6.00. The maximum absolute atomic E-state index is 11.7. The van der Waals surface area contributed by atoms with E-state index in [9.17, 15) is 9.59 Å². The van der Waals surface area contributed by atoms with E-state index >= 15 is 0 Å². The lowest BCUT2D eigenvalue weighted by atomic mass is 10.2. The third-order valence-electron chi connectivity index (χ3n) is 2.63. The summed E-state index contributed by atoms with van der Waals surface area (Å²) in [6, 6.07) is 7.03. The monoisotopic (exact) mass is 336 g/mol. The number of halogens is 1. The first kappa shape index (κ1) is 14.5. The minimum absolute atomic E-state index is 0.197. The predicted molar refractivity (Wildman–Crippen MR) is 78.2 cm³/mol. The Kier molecular flexibility index (Phi) is 4.34. The summed E-state index contributed by atoms with van der Waals surface area (Å²) in [5.41, 5.74) is 1.11. The van der Waals surface area contributed by atoms with E-state index in [1.54, 1.807) is 6.92 Å². The molecule has 20 heavy (non-hydrogen) atoms. The number of hydrogen-bond donors (Lipinski definition) is 0. The van der Waals surface area contributed by atoms with Crippen molar-refractivity contribution < 1.29 is 9.53 Å². The zero-order valence-electron chi connectivity index (χ0n) is 11.1. The number of esters is 1. The van der Waals surface area contributed by atoms with Crippen LogP contribution in [0.15, 0.2) is 39.7 Å². The molecular weight excluding hydrogens is 324 g/mol. The Hall–Kier alpha value is -1.95. The summed E-state index contributed by atoms with van der Waals surface area (Å²) in [5.74, 6) is -0.712. The summed E-state index contributed by atoms with van der Waals surface area (Å²) in [5, 5.41) is 4.06. The van der Waals surface area contributed by atoms with Crippen molar-refractivity contribution in [2.24, 2.45) is 0 Å². The van der Waals surface area contributed by atoms with Crippen LogP contribution in [0.1, 0.15) is 23.0 Å². The van der Waals surface area contributed by atoms with Gasteiger partial charge in [-0.3, -0.25) is 4.79 Å². The fraction of sp³-hybridized carbons (Fsp3) is 0.214. The average Bonchev–Trinajstić information content (AvgIpc) is 2.42. The zero-order chi connectivity index (χ0) is 14.7. The molecule has 0 saturated heterocycles. The highest BCUT2D eigenvalue weighted by molar-refractivity contribution is 9.10. The van der Waals surface area contributed by atoms with E-state index in [2.05, 4.69) is 21.0 Å². The fourth-order valence-corrected chi connectivity index (χ4v) is 2.11. The molecule has 1 heterocycles. The molecule has 2 rings (SSSR count). The molecule has 1 aromatic heterocycles. The molecule has 1 aromatic carbocycles. The summed E-state index contributed by atoms with van der Waals surface area (Å²) < 4.78 is 7.12. The Morgan fingerprint density at radius 3 is 2.85 bits per heavy atom. The maximum atomic E-state index is 11.7. The van der Waals surface area contributed by atoms with Gasteiger partial charge in [0.05, 0.1) is 12.3 Å². The van der Waals surface area contributed by atoms with Gasteiger partial charge >= 0.3 is 5.97 Å². The van der Waals surface area contributed by atoms with E-state index < -0.39 is 11.4 Å². The topological polar surface area (TPSA) is 61.2 Å². The van der Waals surface area contributed by atoms with Crippen molar-refractivity contribution in [2.45, 2.75) is 13.8 Å². The first-order valence-electron chi connectivity index (χ1n) is 6.06. The Morgan fingerprint density at radius 1 is 1.40 bits per heavy atom. The van der Waals surface area contributed by atoms with E-state index in [4.69, 9.17) is 4.74 Å². The molecule has 0 atom stereocenters. The van der Waals surface area contributed by atoms with Gasteiger partial charge in [-0.2, -0.15) is 5.10 Å². The number of rotatable bonds is 3. The van der Waals surface area contributed by atoms with Gasteiger partial charge in [-0.1, -0.05) is 6.07 Å². The minimum atomic E-state index is -0.712. The Labute approximate surface area is 124 Å². The number of hydrogen-bond acceptors (Lipinski definition) is 4. The summed E-state index contributed by atoms with van der Waals surface area (Å²) in [6.07, 6.45) is 1.52. The lowest BCUT2D eigenvalue weighted by Gasteiger charge is -2.09. The molecule has 0 aliphatic heterocycles. The molecule has 0 radical (unpaired) electrons. The smallest absolute Gasteiger partial charge is 0.362 e. The van der Waals surface area contributed by atoms with Gasteiger partial charge in [-0.25, -0.2) is 9.48 Å². The van der Waals surface area contributed by atoms with Crippen LogP contribution in [0.4, 0.5) is 0 Å². The van der Waals surface area contributed by atoms with Crippen LogP contribution in [0.2, 0.25) is 0 Å². The van der Waals surface area contributed by atoms with Crippen molar-refractivity contribution in [1.82, 2.24) is 9.78 Å². The summed E-state index contributed by atoms with van der Waals surface area (Å²) in [4.78, 5) is 23.4. The van der Waals surface area contributed by atoms with Crippen LogP contribution < -0.4 is 5.43 Å². The highest BCUT2D eigenvalue weighted by Crippen LogP contribution is 2.21. The summed E-state index contributed by atoms with van der Waals surface area (Å²) in [6.45, 7) is 3.82. The second-order valence-corrected chi connectivity index (χ2v) is 5.00. The van der Waals surface area contributed by atoms with E-state index in [0.717, 1.165) is 15.7 Å². The Morgan fingerprint density at radius 2 is 2.15 bits per heavy atom. The quantitative estimate of drug-likeness (QED) is 0.808. The van der Waals surface area contributed by atoms with Crippen molar-refractivity contribution in [3.05, 3.63) is 56.4 Å². The molecule has 0 amide bonds. The molecule has 0 fully saturated rings. The summed E-state index contributed by atoms with van der Waals surface area (Å²) >= 11 is 3.42. The first-order chi connectivity index (χ1) is 9.52. The van der Waals surface area contributed by atoms with Crippen molar-refractivity contribution in [2.75, 3.05) is 6.61 Å². The van der Waals surface area contributed by atoms with Crippen LogP contribution >= 0.6 is 15.9 Å². The number of aromatic nitrogens is 2. The van der Waals surface area contributed by atoms with Crippen molar-refractivity contribution in [3.63, 3.8) is 0 Å². The van der Waals surface area contributed by atoms with Gasteiger partial charge in [0, 0.05) is 16.7 Å². The normalized spacial score (nSPS) is 10.3. The van der Waals surface area contributed by atoms with E-state index in [1.165, 1.54) is 16.9 Å². The van der Waals surface area contributed by atoms with Crippen molar-refractivity contribution in [1.29, 1.82) is 0 Å². The van der Waals surface area contributed by atoms with Crippen LogP contribution in [-0.2, 0) is 4.74 Å². The highest BCUT2D eigenvalue weighted by atomic mass is 79.9. The molecule has 6 heteroatoms. The van der Waals surface area contributed by atoms with E-state index in [1.807, 2.05) is 25.1 Å². The number of benzene rings is 1. The van der Waals surface area contributed by atoms with Gasteiger partial charge < -0.3 is 4.74 Å². The minimum Gasteiger partial charge on any atom is -0.461 e. The zero-order valence-corrected chi connectivity index (χ0v) is 12.7. The fourth-order valence-electron chi connectivity index (χ4n) is 1.68. The third-order valence-corrected chi connectivity index (χ3v) is 3.30. The Balaban J connectivity index is 2.54. The van der Waals surface area contributed by atoms with Crippen LogP contribution in [0.25, 0.3) is 5.69 Å². The molecule has 104 valence electrons. The standard InChI is InChI=1S/C14H13BrN2O3/c1-3-20-14(19)13-12(18)6-7-17(16-13)11-8-9(2)4-5-10(11)15/h4-8H,3H2,1-2H3. The van der Waals surface area contributed by atoms with Gasteiger partial charge in [0.1, 0.15) is 0 Å². The SMILES string of the molecule is CCOC(=O)c1nn(-c2cc(C)ccc2Br)ccc1=O. The van der Waals surface area contributed by atoms with Gasteiger partial charge in [-0.05, 0) is 47.5 Å². The largest absolute Gasteiger partial charge is 0.461 e. The van der Waals surface area contributed by atoms with Gasteiger partial charge in [-0.15, -0.1) is 0 Å². The number of ether oxygens (including phenoxy) is 1. The van der Waals surface area contributed by atoms with E-state index in [0.29, 0.717) is 0 Å². The molecular formula is C14H13BrN2O3. The number of carbonyl (C=O) groups excluding carboxylic acids is 1. The van der Waals surface area contributed by atoms with Crippen LogP contribution in [0, 0.1) is 6.92 Å². The van der Waals surface area contributed by atoms with Gasteiger partial charge in [0.25, 0.3) is 0 Å². The molecule has 5 nitrogen and oxygen atoms in total. The Bertz CT molecular complexity index is 710. The second-order valence-electron chi connectivity index (χ2n) is 4.15. The lowest BCUT2D eigenvalue weighted by Crippen LogP contribution is -2.22. The predicted octanol–water partition coefficient (Wildman–Crippen LogP) is 2.48. The van der Waals surface area contributed by atoms with Crippen LogP contribution in [-0.4, -0.2) is 22.4 Å². The lowest BCUT2D eigenvalue weighted by molar-refractivity contribution is 0.0515. The highest BCUT2D eigenvalue weighted by Gasteiger charge is 2.15. The van der Waals surface area contributed by atoms with Crippen LogP contribution in [0.3, 0.4) is 0 Å². The molecule has 0 saturated carbocycles. The van der Waals surface area contributed by atoms with Gasteiger partial charge in [0.15, 0.2) is 0 Å². The molecule has 0 aliphatic carbocycles. The van der Waals surface area contributed by atoms with Crippen LogP contribution in [0.5, 0.6) is 0 Å². The molecule has 0 bridgehead atoms. The molecule has 2 aromatic rings. The van der Waals surface area contributed by atoms with E-state index in [-0.39, 0.29) is 12.3 Å². The molecule has 0 unspecified atom stereocenters. The average molecular weight is 337 g/mol. The number of carbonyl (C=O) groups is 1. The van der Waals surface area contributed by atoms with Crippen molar-refractivity contribution in [3.8, 4) is 5.69 Å². The number of nitrogens with zero attached hydrogens (tertiary/aromatic N) is 2. The third kappa shape index (κ3) is 2.96. The molecule has 0 N–H and O–H groups in total. The van der Waals surface area contributed by atoms with Crippen molar-refractivity contribution >= 4 is 21.9 Å². The van der Waals surface area contributed by atoms with Gasteiger partial charge in [0.2, 0.25) is 11.1 Å². The first-order valence-corrected chi connectivity index (χ1v) is 6.86. The molecule has 0 aliphatic rings.